The van der Waals surface area contributed by atoms with Gasteiger partial charge in [0.05, 0.1) is 29.3 Å². The van der Waals surface area contributed by atoms with Crippen molar-refractivity contribution in [3.63, 3.8) is 0 Å². The first-order valence-electron chi connectivity index (χ1n) is 22.3. The van der Waals surface area contributed by atoms with Crippen molar-refractivity contribution in [2.24, 2.45) is 0 Å². The standard InChI is InChI=1S/C58H45N5O3/c1-3-63(42-21-24-44-37(2)35-54(64)66-53(44)36-42)33-34-65-43-22-19-41(20-23-43)58-51-31-29-49(61-51)56(39-15-9-5-10-16-39)47-27-25-45(59-47)55(38-13-7-4-8-14-38)46-26-28-48(60-46)57(40-17-11-6-12-18-40)50-30-32-52(58)62-50/h4-32,35-36,59,62H,3,33-34H2,1-2H3. The number of likely N-dealkylation sites (N-methyl/N-ethyl adjacent to an activating group) is 1. The Kier molecular flexibility index (Phi) is 10.5. The number of aromatic nitrogens is 4. The molecule has 0 amide bonds. The molecule has 320 valence electrons. The van der Waals surface area contributed by atoms with Crippen LogP contribution in [0.4, 0.5) is 5.69 Å². The fourth-order valence-electron chi connectivity index (χ4n) is 9.21. The molecule has 0 spiro atoms. The summed E-state index contributed by atoms with van der Waals surface area (Å²) in [4.78, 5) is 32.8. The monoisotopic (exact) mass is 859 g/mol. The van der Waals surface area contributed by atoms with E-state index >= 15 is 0 Å². The number of benzene rings is 5. The van der Waals surface area contributed by atoms with Crippen LogP contribution in [0.5, 0.6) is 5.75 Å². The van der Waals surface area contributed by atoms with Gasteiger partial charge >= 0.3 is 5.63 Å². The summed E-state index contributed by atoms with van der Waals surface area (Å²) in [5, 5.41) is 0.934. The molecule has 0 atom stereocenters. The summed E-state index contributed by atoms with van der Waals surface area (Å²) in [6, 6.07) is 55.8. The summed E-state index contributed by atoms with van der Waals surface area (Å²) in [5.41, 5.74) is 17.5. The lowest BCUT2D eigenvalue weighted by atomic mass is 10.0. The smallest absolute Gasteiger partial charge is 0.336 e. The molecule has 0 aliphatic carbocycles. The molecule has 9 aromatic rings. The van der Waals surface area contributed by atoms with Crippen molar-refractivity contribution in [2.45, 2.75) is 13.8 Å². The van der Waals surface area contributed by atoms with E-state index in [-0.39, 0.29) is 5.63 Å². The first-order valence-corrected chi connectivity index (χ1v) is 22.3. The molecule has 11 rings (SSSR count). The van der Waals surface area contributed by atoms with Crippen LogP contribution in [0, 0.1) is 6.92 Å². The van der Waals surface area contributed by atoms with Gasteiger partial charge in [-0.3, -0.25) is 0 Å². The Hall–Kier alpha value is -8.49. The minimum absolute atomic E-state index is 0.343. The lowest BCUT2D eigenvalue weighted by Gasteiger charge is -2.23. The van der Waals surface area contributed by atoms with Crippen LogP contribution in [-0.2, 0) is 0 Å². The molecule has 5 aromatic carbocycles. The fraction of sp³-hybridized carbons (Fsp3) is 0.0862. The van der Waals surface area contributed by atoms with Crippen molar-refractivity contribution in [1.29, 1.82) is 0 Å². The Balaban J connectivity index is 1.05. The highest BCUT2D eigenvalue weighted by molar-refractivity contribution is 6.00. The largest absolute Gasteiger partial charge is 0.492 e. The predicted molar refractivity (Wildman–Crippen MR) is 271 cm³/mol. The molecule has 0 saturated heterocycles. The number of aryl methyl sites for hydroxylation is 1. The Morgan fingerprint density at radius 1 is 0.530 bits per heavy atom. The van der Waals surface area contributed by atoms with Crippen LogP contribution in [-0.4, -0.2) is 39.6 Å². The topological polar surface area (TPSA) is 100 Å². The molecular formula is C58H45N5O3. The van der Waals surface area contributed by atoms with Gasteiger partial charge in [-0.1, -0.05) is 103 Å². The number of fused-ring (bicyclic) bond motifs is 9. The number of hydrogen-bond donors (Lipinski definition) is 2. The summed E-state index contributed by atoms with van der Waals surface area (Å²) >= 11 is 0. The zero-order valence-corrected chi connectivity index (χ0v) is 36.6. The van der Waals surface area contributed by atoms with Gasteiger partial charge in [-0.2, -0.15) is 0 Å². The second-order valence-electron chi connectivity index (χ2n) is 16.5. The predicted octanol–water partition coefficient (Wildman–Crippen LogP) is 13.6. The molecule has 4 aromatic heterocycles. The quantitative estimate of drug-likeness (QED) is 0.133. The molecule has 2 N–H and O–H groups in total. The van der Waals surface area contributed by atoms with Crippen molar-refractivity contribution >= 4 is 63.0 Å². The zero-order valence-electron chi connectivity index (χ0n) is 36.6. The van der Waals surface area contributed by atoms with Gasteiger partial charge in [0.15, 0.2) is 0 Å². The first-order chi connectivity index (χ1) is 32.5. The zero-order chi connectivity index (χ0) is 44.6. The van der Waals surface area contributed by atoms with E-state index in [9.17, 15) is 4.79 Å². The van der Waals surface area contributed by atoms with Crippen molar-refractivity contribution in [3.8, 4) is 50.3 Å². The molecule has 6 heterocycles. The van der Waals surface area contributed by atoms with E-state index < -0.39 is 0 Å². The normalized spacial score (nSPS) is 11.9. The highest BCUT2D eigenvalue weighted by Gasteiger charge is 2.19. The maximum atomic E-state index is 12.1. The summed E-state index contributed by atoms with van der Waals surface area (Å²) in [7, 11) is 0. The van der Waals surface area contributed by atoms with Gasteiger partial charge in [-0.15, -0.1) is 0 Å². The van der Waals surface area contributed by atoms with E-state index in [0.717, 1.165) is 118 Å². The van der Waals surface area contributed by atoms with Gasteiger partial charge < -0.3 is 24.0 Å². The highest BCUT2D eigenvalue weighted by atomic mass is 16.5. The molecule has 2 aliphatic heterocycles. The summed E-state index contributed by atoms with van der Waals surface area (Å²) in [6.45, 7) is 5.92. The van der Waals surface area contributed by atoms with Crippen molar-refractivity contribution in [2.75, 3.05) is 24.6 Å². The minimum atomic E-state index is -0.343. The summed E-state index contributed by atoms with van der Waals surface area (Å²) < 4.78 is 11.9. The maximum Gasteiger partial charge on any atom is 0.336 e. The molecule has 2 aliphatic rings. The van der Waals surface area contributed by atoms with Crippen LogP contribution < -0.4 is 15.3 Å². The van der Waals surface area contributed by atoms with Gasteiger partial charge in [0.1, 0.15) is 17.9 Å². The van der Waals surface area contributed by atoms with Gasteiger partial charge in [0.25, 0.3) is 0 Å². The average molecular weight is 860 g/mol. The lowest BCUT2D eigenvalue weighted by Crippen LogP contribution is -2.28. The Bertz CT molecular complexity index is 3530. The molecule has 0 unspecified atom stereocenters. The molecule has 0 fully saturated rings. The van der Waals surface area contributed by atoms with Gasteiger partial charge in [0.2, 0.25) is 0 Å². The summed E-state index contributed by atoms with van der Waals surface area (Å²) in [5.74, 6) is 0.763. The average Bonchev–Trinajstić information content (AvgIpc) is 4.20. The first kappa shape index (κ1) is 40.3. The van der Waals surface area contributed by atoms with E-state index in [2.05, 4.69) is 161 Å². The lowest BCUT2D eigenvalue weighted by molar-refractivity contribution is 0.324. The van der Waals surface area contributed by atoms with E-state index in [4.69, 9.17) is 19.1 Å². The van der Waals surface area contributed by atoms with Crippen LogP contribution in [0.2, 0.25) is 0 Å². The second kappa shape index (κ2) is 17.2. The number of aromatic amines is 2. The van der Waals surface area contributed by atoms with Crippen LogP contribution >= 0.6 is 0 Å². The van der Waals surface area contributed by atoms with Crippen LogP contribution in [0.15, 0.2) is 173 Å². The number of ether oxygens (including phenoxy) is 1. The van der Waals surface area contributed by atoms with Gasteiger partial charge in [-0.25, -0.2) is 14.8 Å². The highest BCUT2D eigenvalue weighted by Crippen LogP contribution is 2.39. The third kappa shape index (κ3) is 7.68. The minimum Gasteiger partial charge on any atom is -0.492 e. The number of nitrogens with zero attached hydrogens (tertiary/aromatic N) is 3. The van der Waals surface area contributed by atoms with Crippen LogP contribution in [0.3, 0.4) is 0 Å². The number of nitrogens with one attached hydrogen (secondary N) is 2. The van der Waals surface area contributed by atoms with Gasteiger partial charge in [0, 0.05) is 74.1 Å². The number of anilines is 1. The Labute approximate surface area is 381 Å². The Morgan fingerprint density at radius 2 is 0.970 bits per heavy atom. The van der Waals surface area contributed by atoms with E-state index in [0.29, 0.717) is 18.7 Å². The molecule has 8 heteroatoms. The molecule has 8 bridgehead atoms. The number of rotatable bonds is 10. The van der Waals surface area contributed by atoms with Gasteiger partial charge in [-0.05, 0) is 114 Å². The molecule has 0 saturated carbocycles. The fourth-order valence-corrected chi connectivity index (χ4v) is 9.21. The van der Waals surface area contributed by atoms with E-state index in [1.807, 2.05) is 49.4 Å². The van der Waals surface area contributed by atoms with Crippen molar-refractivity contribution in [1.82, 2.24) is 19.9 Å². The van der Waals surface area contributed by atoms with Crippen molar-refractivity contribution < 1.29 is 9.15 Å². The molecule has 66 heavy (non-hydrogen) atoms. The third-order valence-electron chi connectivity index (χ3n) is 12.4. The SMILES string of the molecule is CCN(CCOc1ccc(-c2c3nc(c(-c4ccccc4)c4ccc([nH]4)c(-c4ccccc4)c4nc(c(-c5ccccc5)c5ccc2[nH]5)C=C4)C=C3)cc1)c1ccc2c(C)cc(=O)oc2c1. The molecular weight excluding hydrogens is 815 g/mol. The molecule has 8 nitrogen and oxygen atoms in total. The van der Waals surface area contributed by atoms with Crippen molar-refractivity contribution in [3.05, 3.63) is 203 Å². The van der Waals surface area contributed by atoms with Crippen LogP contribution in [0.25, 0.3) is 102 Å². The van der Waals surface area contributed by atoms with E-state index in [1.165, 1.54) is 6.07 Å². The third-order valence-corrected chi connectivity index (χ3v) is 12.4. The summed E-state index contributed by atoms with van der Waals surface area (Å²) in [6.07, 6.45) is 8.49. The second-order valence-corrected chi connectivity index (χ2v) is 16.5. The van der Waals surface area contributed by atoms with Crippen LogP contribution in [0.1, 0.15) is 35.3 Å². The molecule has 0 radical (unpaired) electrons. The number of H-pyrrole nitrogens is 2. The number of hydrogen-bond acceptors (Lipinski definition) is 6. The maximum absolute atomic E-state index is 12.1. The van der Waals surface area contributed by atoms with E-state index in [1.54, 1.807) is 0 Å². The Morgan fingerprint density at radius 3 is 1.41 bits per heavy atom.